The number of likely N-dealkylation sites (N-methyl/N-ethyl adjacent to an activating group) is 1. The van der Waals surface area contributed by atoms with Gasteiger partial charge in [-0.2, -0.15) is 0 Å². The average Bonchev–Trinajstić information content (AvgIpc) is 2.90. The number of likely N-dealkylation sites (tertiary alicyclic amines) is 1. The quantitative estimate of drug-likeness (QED) is 0.852. The number of aliphatic carboxylic acids is 1. The zero-order chi connectivity index (χ0) is 15.6. The summed E-state index contributed by atoms with van der Waals surface area (Å²) in [5.41, 5.74) is 0. The van der Waals surface area contributed by atoms with Gasteiger partial charge in [0.05, 0.1) is 5.37 Å². The van der Waals surface area contributed by atoms with Crippen LogP contribution in [0.15, 0.2) is 0 Å². The van der Waals surface area contributed by atoms with Crippen LogP contribution < -0.4 is 0 Å². The summed E-state index contributed by atoms with van der Waals surface area (Å²) in [6.45, 7) is 3.42. The second-order valence-corrected chi connectivity index (χ2v) is 7.16. The van der Waals surface area contributed by atoms with E-state index in [1.54, 1.807) is 16.7 Å². The maximum Gasteiger partial charge on any atom is 0.327 e. The Bertz CT molecular complexity index is 405. The van der Waals surface area contributed by atoms with Crippen molar-refractivity contribution in [2.75, 3.05) is 32.9 Å². The van der Waals surface area contributed by atoms with Crippen molar-refractivity contribution in [3.63, 3.8) is 0 Å². The molecule has 0 aromatic heterocycles. The van der Waals surface area contributed by atoms with Crippen molar-refractivity contribution in [2.45, 2.75) is 43.6 Å². The zero-order valence-electron chi connectivity index (χ0n) is 13.0. The lowest BCUT2D eigenvalue weighted by Gasteiger charge is -2.39. The molecule has 0 radical (unpaired) electrons. The molecule has 0 aromatic carbocycles. The van der Waals surface area contributed by atoms with Crippen LogP contribution in [0.1, 0.15) is 26.2 Å². The molecule has 0 aromatic rings. The Balaban J connectivity index is 2.10. The molecule has 0 bridgehead atoms. The molecule has 2 heterocycles. The number of urea groups is 1. The van der Waals surface area contributed by atoms with Gasteiger partial charge in [-0.05, 0) is 33.4 Å². The highest BCUT2D eigenvalue weighted by Gasteiger charge is 2.43. The topological polar surface area (TPSA) is 64.1 Å². The predicted molar refractivity (Wildman–Crippen MR) is 83.5 cm³/mol. The van der Waals surface area contributed by atoms with E-state index in [1.807, 2.05) is 25.9 Å². The first-order valence-electron chi connectivity index (χ1n) is 7.53. The Hall–Kier alpha value is -0.950. The average molecular weight is 315 g/mol. The number of carbonyl (C=O) groups is 2. The molecule has 120 valence electrons. The number of hydrogen-bond acceptors (Lipinski definition) is 4. The fraction of sp³-hybridized carbons (Fsp3) is 0.857. The summed E-state index contributed by atoms with van der Waals surface area (Å²) < 4.78 is 0. The summed E-state index contributed by atoms with van der Waals surface area (Å²) >= 11 is 1.57. The Morgan fingerprint density at radius 1 is 1.38 bits per heavy atom. The Kier molecular flexibility index (Phi) is 5.37. The molecule has 21 heavy (non-hydrogen) atoms. The van der Waals surface area contributed by atoms with Crippen LogP contribution in [0.5, 0.6) is 0 Å². The number of thioether (sulfide) groups is 1. The molecule has 3 unspecified atom stereocenters. The van der Waals surface area contributed by atoms with E-state index < -0.39 is 12.0 Å². The molecule has 3 atom stereocenters. The lowest BCUT2D eigenvalue weighted by Crippen LogP contribution is -2.56. The number of rotatable bonds is 3. The third-order valence-corrected chi connectivity index (χ3v) is 5.80. The van der Waals surface area contributed by atoms with Crippen LogP contribution in [0, 0.1) is 0 Å². The van der Waals surface area contributed by atoms with Gasteiger partial charge in [0.25, 0.3) is 0 Å². The van der Waals surface area contributed by atoms with Crippen molar-refractivity contribution in [2.24, 2.45) is 0 Å². The summed E-state index contributed by atoms with van der Waals surface area (Å²) in [7, 11) is 4.05. The SMILES string of the molecule is CCC1SCC(C(=O)O)N1C(=O)N1CCCC(N(C)C)C1. The first kappa shape index (κ1) is 16.4. The van der Waals surface area contributed by atoms with Gasteiger partial charge in [0.1, 0.15) is 6.04 Å². The molecule has 7 heteroatoms. The number of amides is 2. The molecule has 2 fully saturated rings. The Morgan fingerprint density at radius 3 is 2.67 bits per heavy atom. The largest absolute Gasteiger partial charge is 0.480 e. The van der Waals surface area contributed by atoms with Crippen LogP contribution in [-0.2, 0) is 4.79 Å². The van der Waals surface area contributed by atoms with Crippen molar-refractivity contribution in [3.05, 3.63) is 0 Å². The van der Waals surface area contributed by atoms with Crippen LogP contribution in [0.25, 0.3) is 0 Å². The maximum atomic E-state index is 12.8. The van der Waals surface area contributed by atoms with E-state index in [4.69, 9.17) is 0 Å². The van der Waals surface area contributed by atoms with Gasteiger partial charge >= 0.3 is 12.0 Å². The first-order chi connectivity index (χ1) is 9.95. The molecule has 2 aliphatic rings. The normalized spacial score (nSPS) is 30.0. The van der Waals surface area contributed by atoms with Crippen molar-refractivity contribution in [3.8, 4) is 0 Å². The van der Waals surface area contributed by atoms with E-state index >= 15 is 0 Å². The number of carboxylic acids is 1. The van der Waals surface area contributed by atoms with E-state index in [1.165, 1.54) is 0 Å². The Labute approximate surface area is 130 Å². The Morgan fingerprint density at radius 2 is 2.10 bits per heavy atom. The van der Waals surface area contributed by atoms with E-state index in [2.05, 4.69) is 4.90 Å². The van der Waals surface area contributed by atoms with Crippen molar-refractivity contribution in [1.29, 1.82) is 0 Å². The molecule has 2 aliphatic heterocycles. The monoisotopic (exact) mass is 315 g/mol. The smallest absolute Gasteiger partial charge is 0.327 e. The number of piperidine rings is 1. The fourth-order valence-electron chi connectivity index (χ4n) is 3.04. The summed E-state index contributed by atoms with van der Waals surface area (Å²) in [5.74, 6) is -0.405. The third kappa shape index (κ3) is 3.45. The van der Waals surface area contributed by atoms with Crippen molar-refractivity contribution in [1.82, 2.24) is 14.7 Å². The summed E-state index contributed by atoms with van der Waals surface area (Å²) in [6.07, 6.45) is 2.85. The zero-order valence-corrected chi connectivity index (χ0v) is 13.8. The highest BCUT2D eigenvalue weighted by atomic mass is 32.2. The van der Waals surface area contributed by atoms with Gasteiger partial charge in [-0.15, -0.1) is 11.8 Å². The van der Waals surface area contributed by atoms with Crippen LogP contribution in [0.4, 0.5) is 4.79 Å². The fourth-order valence-corrected chi connectivity index (χ4v) is 4.38. The summed E-state index contributed by atoms with van der Waals surface area (Å²) in [4.78, 5) is 29.8. The van der Waals surface area contributed by atoms with Gasteiger partial charge in [-0.3, -0.25) is 4.90 Å². The van der Waals surface area contributed by atoms with Gasteiger partial charge in [0.2, 0.25) is 0 Å². The summed E-state index contributed by atoms with van der Waals surface area (Å²) in [6, 6.07) is -0.431. The van der Waals surface area contributed by atoms with Crippen LogP contribution >= 0.6 is 11.8 Å². The predicted octanol–water partition coefficient (Wildman–Crippen LogP) is 1.37. The third-order valence-electron chi connectivity index (χ3n) is 4.35. The minimum atomic E-state index is -0.895. The number of carboxylic acid groups (broad SMARTS) is 1. The molecular weight excluding hydrogens is 290 g/mol. The van der Waals surface area contributed by atoms with Crippen LogP contribution in [-0.4, -0.2) is 82.2 Å². The van der Waals surface area contributed by atoms with Gasteiger partial charge in [-0.1, -0.05) is 6.92 Å². The highest BCUT2D eigenvalue weighted by molar-refractivity contribution is 8.00. The minimum absolute atomic E-state index is 0.0154. The molecule has 0 spiro atoms. The van der Waals surface area contributed by atoms with Crippen LogP contribution in [0.3, 0.4) is 0 Å². The lowest BCUT2D eigenvalue weighted by molar-refractivity contribution is -0.141. The summed E-state index contributed by atoms with van der Waals surface area (Å²) in [5, 5.41) is 9.34. The lowest BCUT2D eigenvalue weighted by atomic mass is 10.1. The van der Waals surface area contributed by atoms with Gasteiger partial charge in [-0.25, -0.2) is 9.59 Å². The second-order valence-electron chi connectivity index (χ2n) is 5.95. The number of nitrogens with zero attached hydrogens (tertiary/aromatic N) is 3. The first-order valence-corrected chi connectivity index (χ1v) is 8.58. The van der Waals surface area contributed by atoms with Crippen LogP contribution in [0.2, 0.25) is 0 Å². The molecule has 2 rings (SSSR count). The van der Waals surface area contributed by atoms with Crippen molar-refractivity contribution < 1.29 is 14.7 Å². The van der Waals surface area contributed by atoms with Crippen molar-refractivity contribution >= 4 is 23.8 Å². The van der Waals surface area contributed by atoms with E-state index in [0.717, 1.165) is 25.8 Å². The molecule has 1 N–H and O–H groups in total. The highest BCUT2D eigenvalue weighted by Crippen LogP contribution is 2.33. The number of carbonyl (C=O) groups excluding carboxylic acids is 1. The van der Waals surface area contributed by atoms with E-state index in [9.17, 15) is 14.7 Å². The molecule has 0 saturated carbocycles. The molecular formula is C14H25N3O3S. The maximum absolute atomic E-state index is 12.8. The number of hydrogen-bond donors (Lipinski definition) is 1. The molecule has 0 aliphatic carbocycles. The second kappa shape index (κ2) is 6.87. The standard InChI is InChI=1S/C14H25N3O3S/c1-4-12-17(11(9-21-12)13(18)19)14(20)16-7-5-6-10(8-16)15(2)3/h10-12H,4-9H2,1-3H3,(H,18,19). The van der Waals surface area contributed by atoms with Gasteiger partial charge in [0.15, 0.2) is 0 Å². The van der Waals surface area contributed by atoms with Gasteiger partial charge in [0, 0.05) is 24.9 Å². The van der Waals surface area contributed by atoms with Gasteiger partial charge < -0.3 is 14.9 Å². The minimum Gasteiger partial charge on any atom is -0.480 e. The van der Waals surface area contributed by atoms with E-state index in [0.29, 0.717) is 18.3 Å². The molecule has 2 saturated heterocycles. The molecule has 2 amide bonds. The molecule has 6 nitrogen and oxygen atoms in total. The van der Waals surface area contributed by atoms with E-state index in [-0.39, 0.29) is 11.4 Å².